The average molecular weight is 445 g/mol. The summed E-state index contributed by atoms with van der Waals surface area (Å²) in [6, 6.07) is 15.1. The Morgan fingerprint density at radius 3 is 2.40 bits per heavy atom. The Morgan fingerprint density at radius 1 is 0.900 bits per heavy atom. The summed E-state index contributed by atoms with van der Waals surface area (Å²) in [5.74, 6) is 1.14. The first kappa shape index (κ1) is 21.4. The van der Waals surface area contributed by atoms with Gasteiger partial charge in [0.05, 0.1) is 10.6 Å². The van der Waals surface area contributed by atoms with E-state index >= 15 is 0 Å². The molecule has 2 aliphatic rings. The second kappa shape index (κ2) is 9.54. The van der Waals surface area contributed by atoms with Crippen LogP contribution in [-0.2, 0) is 21.2 Å². The van der Waals surface area contributed by atoms with Gasteiger partial charge in [-0.15, -0.1) is 11.8 Å². The summed E-state index contributed by atoms with van der Waals surface area (Å²) >= 11 is 1.81. The molecule has 0 unspecified atom stereocenters. The zero-order valence-electron chi connectivity index (χ0n) is 17.1. The fourth-order valence-electron chi connectivity index (χ4n) is 4.06. The van der Waals surface area contributed by atoms with Gasteiger partial charge in [0, 0.05) is 31.0 Å². The van der Waals surface area contributed by atoms with E-state index < -0.39 is 10.0 Å². The molecule has 0 aromatic heterocycles. The van der Waals surface area contributed by atoms with Gasteiger partial charge in [0.2, 0.25) is 15.9 Å². The summed E-state index contributed by atoms with van der Waals surface area (Å²) in [6.45, 7) is 1.96. The van der Waals surface area contributed by atoms with Crippen molar-refractivity contribution >= 4 is 33.4 Å². The van der Waals surface area contributed by atoms with Crippen LogP contribution >= 0.6 is 11.8 Å². The first-order valence-corrected chi connectivity index (χ1v) is 13.1. The van der Waals surface area contributed by atoms with Gasteiger partial charge in [0.1, 0.15) is 0 Å². The van der Waals surface area contributed by atoms with Crippen LogP contribution < -0.4 is 4.90 Å². The smallest absolute Gasteiger partial charge is 0.243 e. The summed E-state index contributed by atoms with van der Waals surface area (Å²) < 4.78 is 27.2. The predicted molar refractivity (Wildman–Crippen MR) is 122 cm³/mol. The van der Waals surface area contributed by atoms with E-state index in [1.807, 2.05) is 35.2 Å². The fraction of sp³-hybridized carbons (Fsp3) is 0.435. The molecule has 0 atom stereocenters. The number of thioether (sulfide) groups is 1. The van der Waals surface area contributed by atoms with Crippen molar-refractivity contribution in [3.63, 3.8) is 0 Å². The maximum atomic E-state index is 12.9. The zero-order chi connectivity index (χ0) is 21.0. The molecule has 7 heteroatoms. The molecule has 0 N–H and O–H groups in total. The zero-order valence-corrected chi connectivity index (χ0v) is 18.8. The van der Waals surface area contributed by atoms with E-state index in [1.54, 1.807) is 28.2 Å². The minimum absolute atomic E-state index is 0.120. The van der Waals surface area contributed by atoms with Crippen LogP contribution in [0.1, 0.15) is 37.7 Å². The van der Waals surface area contributed by atoms with Crippen molar-refractivity contribution in [2.24, 2.45) is 0 Å². The molecule has 1 fully saturated rings. The Hall–Kier alpha value is -1.83. The third-order valence-electron chi connectivity index (χ3n) is 5.74. The highest BCUT2D eigenvalue weighted by Gasteiger charge is 2.26. The van der Waals surface area contributed by atoms with Crippen molar-refractivity contribution in [2.75, 3.05) is 30.3 Å². The maximum Gasteiger partial charge on any atom is 0.243 e. The Kier molecular flexibility index (Phi) is 6.80. The van der Waals surface area contributed by atoms with E-state index in [-0.39, 0.29) is 5.91 Å². The van der Waals surface area contributed by atoms with Crippen molar-refractivity contribution in [2.45, 2.75) is 48.3 Å². The highest BCUT2D eigenvalue weighted by molar-refractivity contribution is 7.99. The number of hydrogen-bond acceptors (Lipinski definition) is 4. The molecule has 2 aromatic carbocycles. The number of sulfonamides is 1. The van der Waals surface area contributed by atoms with Gasteiger partial charge in [-0.25, -0.2) is 8.42 Å². The Morgan fingerprint density at radius 2 is 1.63 bits per heavy atom. The molecule has 0 aliphatic carbocycles. The molecular formula is C23H28N2O3S2. The number of fused-ring (bicyclic) bond motifs is 1. The van der Waals surface area contributed by atoms with Crippen molar-refractivity contribution in [3.8, 4) is 0 Å². The number of hydrogen-bond donors (Lipinski definition) is 0. The SMILES string of the molecule is O=C(CCc1ccc(S(=O)(=O)N2CCCCC2)cc1)N1CCCSc2ccccc21. The normalized spacial score (nSPS) is 17.9. The van der Waals surface area contributed by atoms with Crippen molar-refractivity contribution in [1.82, 2.24) is 4.31 Å². The molecule has 1 amide bonds. The van der Waals surface area contributed by atoms with E-state index in [0.717, 1.165) is 54.1 Å². The van der Waals surface area contributed by atoms with Crippen LogP contribution in [0, 0.1) is 0 Å². The molecule has 0 spiro atoms. The molecular weight excluding hydrogens is 416 g/mol. The predicted octanol–water partition coefficient (Wildman–Crippen LogP) is 4.32. The van der Waals surface area contributed by atoms with Crippen molar-refractivity contribution in [3.05, 3.63) is 54.1 Å². The van der Waals surface area contributed by atoms with E-state index in [9.17, 15) is 13.2 Å². The van der Waals surface area contributed by atoms with Gasteiger partial charge in [0.15, 0.2) is 0 Å². The third kappa shape index (κ3) is 4.74. The number of piperidine rings is 1. The quantitative estimate of drug-likeness (QED) is 0.689. The molecule has 2 aromatic rings. The number of amides is 1. The van der Waals surface area contributed by atoms with Crippen LogP contribution in [0.2, 0.25) is 0 Å². The van der Waals surface area contributed by atoms with Crippen molar-refractivity contribution < 1.29 is 13.2 Å². The molecule has 30 heavy (non-hydrogen) atoms. The molecule has 5 nitrogen and oxygen atoms in total. The van der Waals surface area contributed by atoms with E-state index in [1.165, 1.54) is 0 Å². The monoisotopic (exact) mass is 444 g/mol. The molecule has 2 aliphatic heterocycles. The molecule has 2 heterocycles. The number of carbonyl (C=O) groups excluding carboxylic acids is 1. The number of nitrogens with zero attached hydrogens (tertiary/aromatic N) is 2. The molecule has 0 bridgehead atoms. The highest BCUT2D eigenvalue weighted by atomic mass is 32.2. The largest absolute Gasteiger partial charge is 0.311 e. The second-order valence-corrected chi connectivity index (χ2v) is 10.9. The number of carbonyl (C=O) groups is 1. The summed E-state index contributed by atoms with van der Waals surface area (Å²) in [7, 11) is -3.41. The number of benzene rings is 2. The van der Waals surface area contributed by atoms with E-state index in [2.05, 4.69) is 6.07 Å². The second-order valence-electron chi connectivity index (χ2n) is 7.82. The van der Waals surface area contributed by atoms with Gasteiger partial charge in [-0.1, -0.05) is 30.7 Å². The van der Waals surface area contributed by atoms with Gasteiger partial charge in [-0.3, -0.25) is 4.79 Å². The first-order chi connectivity index (χ1) is 14.6. The van der Waals surface area contributed by atoms with Gasteiger partial charge in [-0.2, -0.15) is 4.31 Å². The topological polar surface area (TPSA) is 57.7 Å². The molecule has 0 radical (unpaired) electrons. The van der Waals surface area contributed by atoms with Gasteiger partial charge in [-0.05, 0) is 61.3 Å². The van der Waals surface area contributed by atoms with Gasteiger partial charge >= 0.3 is 0 Å². The lowest BCUT2D eigenvalue weighted by molar-refractivity contribution is -0.118. The fourth-order valence-corrected chi connectivity index (χ4v) is 6.57. The molecule has 160 valence electrons. The van der Waals surface area contributed by atoms with Crippen molar-refractivity contribution in [1.29, 1.82) is 0 Å². The van der Waals surface area contributed by atoms with Crippen LogP contribution in [0.15, 0.2) is 58.3 Å². The maximum absolute atomic E-state index is 12.9. The summed E-state index contributed by atoms with van der Waals surface area (Å²) in [5, 5.41) is 0. The van der Waals surface area contributed by atoms with Crippen LogP contribution in [0.5, 0.6) is 0 Å². The van der Waals surface area contributed by atoms with Gasteiger partial charge < -0.3 is 4.90 Å². The average Bonchev–Trinajstić information content (AvgIpc) is 3.01. The van der Waals surface area contributed by atoms with Crippen LogP contribution in [0.4, 0.5) is 5.69 Å². The third-order valence-corrected chi connectivity index (χ3v) is 8.81. The number of para-hydroxylation sites is 1. The Bertz CT molecular complexity index is 984. The summed E-state index contributed by atoms with van der Waals surface area (Å²) in [5.41, 5.74) is 1.99. The first-order valence-electron chi connectivity index (χ1n) is 10.7. The lowest BCUT2D eigenvalue weighted by Crippen LogP contribution is -2.35. The number of rotatable bonds is 5. The molecule has 4 rings (SSSR count). The van der Waals surface area contributed by atoms with Crippen LogP contribution in [0.3, 0.4) is 0 Å². The minimum Gasteiger partial charge on any atom is -0.311 e. The van der Waals surface area contributed by atoms with E-state index in [4.69, 9.17) is 0 Å². The summed E-state index contributed by atoms with van der Waals surface area (Å²) in [6.07, 6.45) is 4.95. The van der Waals surface area contributed by atoms with Crippen LogP contribution in [-0.4, -0.2) is 44.0 Å². The summed E-state index contributed by atoms with van der Waals surface area (Å²) in [4.78, 5) is 16.3. The van der Waals surface area contributed by atoms with Crippen LogP contribution in [0.25, 0.3) is 0 Å². The highest BCUT2D eigenvalue weighted by Crippen LogP contribution is 2.34. The van der Waals surface area contributed by atoms with E-state index in [0.29, 0.717) is 30.8 Å². The molecule has 1 saturated heterocycles. The lowest BCUT2D eigenvalue weighted by atomic mass is 10.1. The number of anilines is 1. The Balaban J connectivity index is 1.40. The standard InChI is InChI=1S/C23H28N2O3S2/c26-23(25-17-6-18-29-22-8-3-2-7-21(22)25)14-11-19-9-12-20(13-10-19)30(27,28)24-15-4-1-5-16-24/h2-3,7-10,12-13H,1,4-6,11,14-18H2. The molecule has 0 saturated carbocycles. The minimum atomic E-state index is -3.41. The van der Waals surface area contributed by atoms with Gasteiger partial charge in [0.25, 0.3) is 0 Å². The Labute approximate surface area is 183 Å². The number of aryl methyl sites for hydroxylation is 1. The lowest BCUT2D eigenvalue weighted by Gasteiger charge is -2.26.